The van der Waals surface area contributed by atoms with E-state index in [1.807, 2.05) is 13.8 Å². The second-order valence-electron chi connectivity index (χ2n) is 6.73. The summed E-state index contributed by atoms with van der Waals surface area (Å²) in [5.74, 6) is 0.0352. The van der Waals surface area contributed by atoms with E-state index in [2.05, 4.69) is 15.7 Å². The molecule has 0 saturated heterocycles. The van der Waals surface area contributed by atoms with Crippen LogP contribution in [0.5, 0.6) is 0 Å². The quantitative estimate of drug-likeness (QED) is 0.588. The summed E-state index contributed by atoms with van der Waals surface area (Å²) in [6.07, 6.45) is 7.83. The van der Waals surface area contributed by atoms with Gasteiger partial charge in [-0.3, -0.25) is 9.48 Å². The molecule has 0 spiro atoms. The predicted molar refractivity (Wildman–Crippen MR) is 101 cm³/mol. The molecule has 1 aromatic rings. The van der Waals surface area contributed by atoms with Crippen LogP contribution in [0.1, 0.15) is 74.3 Å². The van der Waals surface area contributed by atoms with Gasteiger partial charge in [-0.2, -0.15) is 5.10 Å². The van der Waals surface area contributed by atoms with Crippen molar-refractivity contribution in [1.29, 1.82) is 0 Å². The Morgan fingerprint density at radius 3 is 2.46 bits per heavy atom. The fourth-order valence-electron chi connectivity index (χ4n) is 3.16. The van der Waals surface area contributed by atoms with E-state index in [9.17, 15) is 4.79 Å². The van der Waals surface area contributed by atoms with Crippen LogP contribution >= 0.6 is 24.0 Å². The molecule has 0 bridgehead atoms. The Hall–Kier alpha value is -0.780. The standard InChI is InChI=1S/C17H29ClN4O.ClH/c1-12(2)15-14(16(18)22(3)21-15)17(23)20-11-10-19-13-8-6-4-5-7-9-13;/h12-13,19H,4-11H2,1-3H3,(H,20,23);1H. The lowest BCUT2D eigenvalue weighted by atomic mass is 10.1. The molecule has 1 heterocycles. The van der Waals surface area contributed by atoms with Gasteiger partial charge in [-0.05, 0) is 18.8 Å². The van der Waals surface area contributed by atoms with Crippen molar-refractivity contribution in [3.63, 3.8) is 0 Å². The first kappa shape index (κ1) is 21.3. The molecule has 138 valence electrons. The number of aryl methyl sites for hydroxylation is 1. The van der Waals surface area contributed by atoms with Crippen molar-refractivity contribution in [3.05, 3.63) is 16.4 Å². The van der Waals surface area contributed by atoms with Crippen LogP contribution in [0.2, 0.25) is 5.15 Å². The van der Waals surface area contributed by atoms with Crippen molar-refractivity contribution < 1.29 is 4.79 Å². The second kappa shape index (κ2) is 10.3. The van der Waals surface area contributed by atoms with Crippen LogP contribution in [-0.2, 0) is 7.05 Å². The average molecular weight is 377 g/mol. The Balaban J connectivity index is 0.00000288. The van der Waals surface area contributed by atoms with Gasteiger partial charge in [0.1, 0.15) is 5.15 Å². The smallest absolute Gasteiger partial charge is 0.256 e. The van der Waals surface area contributed by atoms with Crippen LogP contribution in [0.3, 0.4) is 0 Å². The van der Waals surface area contributed by atoms with Gasteiger partial charge in [0.05, 0.1) is 11.3 Å². The van der Waals surface area contributed by atoms with E-state index < -0.39 is 0 Å². The first-order chi connectivity index (χ1) is 11.0. The molecule has 1 saturated carbocycles. The molecule has 2 rings (SSSR count). The molecule has 1 aliphatic rings. The highest BCUT2D eigenvalue weighted by Crippen LogP contribution is 2.25. The summed E-state index contributed by atoms with van der Waals surface area (Å²) in [5, 5.41) is 11.3. The summed E-state index contributed by atoms with van der Waals surface area (Å²) in [5.41, 5.74) is 1.27. The average Bonchev–Trinajstić information content (AvgIpc) is 2.70. The van der Waals surface area contributed by atoms with Gasteiger partial charge in [0.25, 0.3) is 5.91 Å². The van der Waals surface area contributed by atoms with Crippen LogP contribution in [0.25, 0.3) is 0 Å². The largest absolute Gasteiger partial charge is 0.351 e. The highest BCUT2D eigenvalue weighted by molar-refractivity contribution is 6.33. The molecule has 24 heavy (non-hydrogen) atoms. The molecule has 1 fully saturated rings. The van der Waals surface area contributed by atoms with Crippen molar-refractivity contribution in [1.82, 2.24) is 20.4 Å². The maximum atomic E-state index is 12.4. The van der Waals surface area contributed by atoms with Crippen LogP contribution in [0, 0.1) is 0 Å². The first-order valence-electron chi connectivity index (χ1n) is 8.74. The summed E-state index contributed by atoms with van der Waals surface area (Å²) in [7, 11) is 1.76. The molecular weight excluding hydrogens is 347 g/mol. The number of hydrogen-bond donors (Lipinski definition) is 2. The van der Waals surface area contributed by atoms with Crippen molar-refractivity contribution in [2.75, 3.05) is 13.1 Å². The molecule has 1 aromatic heterocycles. The van der Waals surface area contributed by atoms with E-state index in [1.165, 1.54) is 38.5 Å². The van der Waals surface area contributed by atoms with E-state index in [0.29, 0.717) is 23.3 Å². The lowest BCUT2D eigenvalue weighted by Gasteiger charge is -2.16. The molecule has 0 atom stereocenters. The van der Waals surface area contributed by atoms with Crippen LogP contribution in [-0.4, -0.2) is 34.8 Å². The molecule has 7 heteroatoms. The SMILES string of the molecule is CC(C)c1nn(C)c(Cl)c1C(=O)NCCNC1CCCCCC1.Cl. The Labute approximate surface area is 156 Å². The third kappa shape index (κ3) is 5.64. The van der Waals surface area contributed by atoms with E-state index in [4.69, 9.17) is 11.6 Å². The van der Waals surface area contributed by atoms with Gasteiger partial charge in [0, 0.05) is 26.2 Å². The minimum Gasteiger partial charge on any atom is -0.351 e. The van der Waals surface area contributed by atoms with Gasteiger partial charge in [0.15, 0.2) is 0 Å². The van der Waals surface area contributed by atoms with Crippen LogP contribution < -0.4 is 10.6 Å². The summed E-state index contributed by atoms with van der Waals surface area (Å²) in [4.78, 5) is 12.4. The van der Waals surface area contributed by atoms with Crippen LogP contribution in [0.4, 0.5) is 0 Å². The van der Waals surface area contributed by atoms with E-state index in [0.717, 1.165) is 12.2 Å². The minimum absolute atomic E-state index is 0. The lowest BCUT2D eigenvalue weighted by Crippen LogP contribution is -2.37. The van der Waals surface area contributed by atoms with Crippen molar-refractivity contribution in [3.8, 4) is 0 Å². The highest BCUT2D eigenvalue weighted by Gasteiger charge is 2.23. The van der Waals surface area contributed by atoms with Gasteiger partial charge >= 0.3 is 0 Å². The van der Waals surface area contributed by atoms with Gasteiger partial charge in [-0.25, -0.2) is 0 Å². The monoisotopic (exact) mass is 376 g/mol. The Kier molecular flexibility index (Phi) is 9.09. The van der Waals surface area contributed by atoms with Crippen molar-refractivity contribution in [2.24, 2.45) is 7.05 Å². The number of carbonyl (C=O) groups is 1. The topological polar surface area (TPSA) is 59.0 Å². The molecule has 0 aromatic carbocycles. The molecule has 0 aliphatic heterocycles. The van der Waals surface area contributed by atoms with Gasteiger partial charge < -0.3 is 10.6 Å². The number of nitrogens with one attached hydrogen (secondary N) is 2. The zero-order chi connectivity index (χ0) is 16.8. The maximum absolute atomic E-state index is 12.4. The zero-order valence-electron chi connectivity index (χ0n) is 14.9. The molecule has 1 amide bonds. The van der Waals surface area contributed by atoms with Crippen LogP contribution in [0.15, 0.2) is 0 Å². The summed E-state index contributed by atoms with van der Waals surface area (Å²) in [6.45, 7) is 5.44. The first-order valence-corrected chi connectivity index (χ1v) is 9.12. The molecular formula is C17H30Cl2N4O. The highest BCUT2D eigenvalue weighted by atomic mass is 35.5. The summed E-state index contributed by atoms with van der Waals surface area (Å²) >= 11 is 6.23. The van der Waals surface area contributed by atoms with Gasteiger partial charge in [-0.1, -0.05) is 51.1 Å². The summed E-state index contributed by atoms with van der Waals surface area (Å²) < 4.78 is 1.57. The molecule has 2 N–H and O–H groups in total. The maximum Gasteiger partial charge on any atom is 0.256 e. The number of amides is 1. The number of hydrogen-bond acceptors (Lipinski definition) is 3. The van der Waals surface area contributed by atoms with Crippen molar-refractivity contribution in [2.45, 2.75) is 64.3 Å². The van der Waals surface area contributed by atoms with Gasteiger partial charge in [-0.15, -0.1) is 12.4 Å². The molecule has 0 radical (unpaired) electrons. The number of rotatable bonds is 6. The van der Waals surface area contributed by atoms with E-state index in [1.54, 1.807) is 11.7 Å². The summed E-state index contributed by atoms with van der Waals surface area (Å²) in [6, 6.07) is 0.600. The Morgan fingerprint density at radius 1 is 1.25 bits per heavy atom. The fourth-order valence-corrected chi connectivity index (χ4v) is 3.38. The Morgan fingerprint density at radius 2 is 1.88 bits per heavy atom. The third-order valence-corrected chi connectivity index (χ3v) is 4.91. The Bertz CT molecular complexity index is 523. The number of halogens is 2. The molecule has 5 nitrogen and oxygen atoms in total. The van der Waals surface area contributed by atoms with E-state index >= 15 is 0 Å². The third-order valence-electron chi connectivity index (χ3n) is 4.48. The molecule has 0 unspecified atom stereocenters. The minimum atomic E-state index is -0.130. The normalized spacial score (nSPS) is 15.9. The van der Waals surface area contributed by atoms with E-state index in [-0.39, 0.29) is 24.2 Å². The number of aromatic nitrogens is 2. The van der Waals surface area contributed by atoms with Gasteiger partial charge in [0.2, 0.25) is 0 Å². The fraction of sp³-hybridized carbons (Fsp3) is 0.765. The zero-order valence-corrected chi connectivity index (χ0v) is 16.5. The van der Waals surface area contributed by atoms with Crippen molar-refractivity contribution >= 4 is 29.9 Å². The molecule has 1 aliphatic carbocycles. The number of carbonyl (C=O) groups excluding carboxylic acids is 1. The second-order valence-corrected chi connectivity index (χ2v) is 7.09. The predicted octanol–water partition coefficient (Wildman–Crippen LogP) is 3.66. The number of nitrogens with zero attached hydrogens (tertiary/aromatic N) is 2. The lowest BCUT2D eigenvalue weighted by molar-refractivity contribution is 0.0952.